The van der Waals surface area contributed by atoms with Crippen LogP contribution < -0.4 is 10.1 Å². The van der Waals surface area contributed by atoms with E-state index in [1.165, 1.54) is 18.3 Å². The van der Waals surface area contributed by atoms with Crippen molar-refractivity contribution in [3.63, 3.8) is 0 Å². The van der Waals surface area contributed by atoms with Crippen LogP contribution in [0.1, 0.15) is 21.9 Å². The molecule has 10 heteroatoms. The summed E-state index contributed by atoms with van der Waals surface area (Å²) >= 11 is 5.78. The number of aryl methyl sites for hydroxylation is 1. The fraction of sp³-hybridized carbons (Fsp3) is 0.222. The first-order chi connectivity index (χ1) is 13.4. The van der Waals surface area contributed by atoms with Gasteiger partial charge in [0.25, 0.3) is 11.6 Å². The van der Waals surface area contributed by atoms with Crippen LogP contribution >= 0.6 is 11.6 Å². The van der Waals surface area contributed by atoms with Crippen molar-refractivity contribution in [2.45, 2.75) is 20.1 Å². The number of carbonyl (C=O) groups is 1. The Bertz CT molecular complexity index is 998. The monoisotopic (exact) mass is 404 g/mol. The number of furan rings is 1. The second-order valence-corrected chi connectivity index (χ2v) is 6.37. The van der Waals surface area contributed by atoms with Gasteiger partial charge in [0.15, 0.2) is 5.76 Å². The molecule has 0 spiro atoms. The number of carbonyl (C=O) groups excluding carboxylic acids is 1. The van der Waals surface area contributed by atoms with E-state index in [0.29, 0.717) is 35.2 Å². The van der Waals surface area contributed by atoms with E-state index in [2.05, 4.69) is 10.4 Å². The van der Waals surface area contributed by atoms with E-state index in [9.17, 15) is 14.9 Å². The number of benzene rings is 1. The van der Waals surface area contributed by atoms with Gasteiger partial charge < -0.3 is 14.5 Å². The number of nitrogens with zero attached hydrogens (tertiary/aromatic N) is 3. The van der Waals surface area contributed by atoms with E-state index in [-0.39, 0.29) is 24.0 Å². The van der Waals surface area contributed by atoms with E-state index in [1.807, 2.05) is 0 Å². The van der Waals surface area contributed by atoms with Crippen molar-refractivity contribution in [2.75, 3.05) is 6.54 Å². The summed E-state index contributed by atoms with van der Waals surface area (Å²) < 4.78 is 12.7. The van der Waals surface area contributed by atoms with E-state index >= 15 is 0 Å². The number of amides is 1. The summed E-state index contributed by atoms with van der Waals surface area (Å²) in [5.74, 6) is 0.746. The molecule has 2 heterocycles. The van der Waals surface area contributed by atoms with Gasteiger partial charge in [0.1, 0.15) is 18.1 Å². The predicted octanol–water partition coefficient (Wildman–Crippen LogP) is 3.36. The zero-order valence-electron chi connectivity index (χ0n) is 14.9. The van der Waals surface area contributed by atoms with E-state index in [0.717, 1.165) is 0 Å². The number of halogens is 1. The molecule has 3 rings (SSSR count). The maximum absolute atomic E-state index is 12.1. The van der Waals surface area contributed by atoms with Gasteiger partial charge in [0, 0.05) is 24.4 Å². The lowest BCUT2D eigenvalue weighted by molar-refractivity contribution is -0.385. The minimum atomic E-state index is -0.447. The topological polar surface area (TPSA) is 112 Å². The molecule has 0 fully saturated rings. The van der Waals surface area contributed by atoms with Crippen LogP contribution in [0.4, 0.5) is 5.69 Å². The molecule has 0 saturated carbocycles. The van der Waals surface area contributed by atoms with E-state index < -0.39 is 4.92 Å². The standard InChI is InChI=1S/C18H17ClN4O5/c1-12-8-14(2-4-16(12)23(25)26)27-11-15-3-5-17(28-15)18(24)20-6-7-22-10-13(19)9-21-22/h2-5,8-10H,6-7,11H2,1H3,(H,20,24). The van der Waals surface area contributed by atoms with Gasteiger partial charge in [-0.3, -0.25) is 19.6 Å². The van der Waals surface area contributed by atoms with Crippen LogP contribution in [0.3, 0.4) is 0 Å². The van der Waals surface area contributed by atoms with Crippen LogP contribution in [0.5, 0.6) is 5.75 Å². The Morgan fingerprint density at radius 2 is 2.21 bits per heavy atom. The highest BCUT2D eigenvalue weighted by Gasteiger charge is 2.13. The Balaban J connectivity index is 1.50. The lowest BCUT2D eigenvalue weighted by atomic mass is 10.2. The third-order valence-corrected chi connectivity index (χ3v) is 4.05. The zero-order chi connectivity index (χ0) is 20.1. The highest BCUT2D eigenvalue weighted by molar-refractivity contribution is 6.30. The van der Waals surface area contributed by atoms with Crippen molar-refractivity contribution in [1.82, 2.24) is 15.1 Å². The molecule has 0 aliphatic carbocycles. The molecule has 0 bridgehead atoms. The first-order valence-corrected chi connectivity index (χ1v) is 8.73. The maximum Gasteiger partial charge on any atom is 0.287 e. The second kappa shape index (κ2) is 8.57. The lowest BCUT2D eigenvalue weighted by Crippen LogP contribution is -2.27. The summed E-state index contributed by atoms with van der Waals surface area (Å²) in [6.45, 7) is 2.58. The summed E-state index contributed by atoms with van der Waals surface area (Å²) in [4.78, 5) is 22.5. The van der Waals surface area contributed by atoms with Gasteiger partial charge in [-0.1, -0.05) is 11.6 Å². The molecule has 146 valence electrons. The number of nitro benzene ring substituents is 1. The minimum Gasteiger partial charge on any atom is -0.486 e. The van der Waals surface area contributed by atoms with Crippen LogP contribution in [0.15, 0.2) is 47.1 Å². The van der Waals surface area contributed by atoms with Crippen LogP contribution in [0.2, 0.25) is 5.02 Å². The summed E-state index contributed by atoms with van der Waals surface area (Å²) in [7, 11) is 0. The summed E-state index contributed by atoms with van der Waals surface area (Å²) in [6, 6.07) is 7.68. The van der Waals surface area contributed by atoms with Crippen LogP contribution in [-0.2, 0) is 13.2 Å². The Hall–Kier alpha value is -3.33. The van der Waals surface area contributed by atoms with Crippen molar-refractivity contribution < 1.29 is 18.9 Å². The molecule has 0 aliphatic heterocycles. The number of aromatic nitrogens is 2. The van der Waals surface area contributed by atoms with E-state index in [4.69, 9.17) is 20.8 Å². The fourth-order valence-corrected chi connectivity index (χ4v) is 2.64. The third-order valence-electron chi connectivity index (χ3n) is 3.86. The zero-order valence-corrected chi connectivity index (χ0v) is 15.7. The molecule has 9 nitrogen and oxygen atoms in total. The van der Waals surface area contributed by atoms with Gasteiger partial charge in [-0.2, -0.15) is 5.10 Å². The van der Waals surface area contributed by atoms with Gasteiger partial charge in [-0.15, -0.1) is 0 Å². The van der Waals surface area contributed by atoms with Gasteiger partial charge >= 0.3 is 0 Å². The molecule has 0 saturated heterocycles. The largest absolute Gasteiger partial charge is 0.486 e. The first-order valence-electron chi connectivity index (χ1n) is 8.35. The van der Waals surface area contributed by atoms with Crippen LogP contribution in [0.25, 0.3) is 0 Å². The SMILES string of the molecule is Cc1cc(OCc2ccc(C(=O)NCCn3cc(Cl)cn3)o2)ccc1[N+](=O)[O-]. The summed E-state index contributed by atoms with van der Waals surface area (Å²) in [5, 5.41) is 18.1. The molecule has 0 aliphatic rings. The lowest BCUT2D eigenvalue weighted by Gasteiger charge is -2.06. The molecule has 28 heavy (non-hydrogen) atoms. The number of hydrogen-bond acceptors (Lipinski definition) is 6. The fourth-order valence-electron chi connectivity index (χ4n) is 2.49. The van der Waals surface area contributed by atoms with Crippen molar-refractivity contribution in [3.8, 4) is 5.75 Å². The normalized spacial score (nSPS) is 10.6. The number of nitro groups is 1. The highest BCUT2D eigenvalue weighted by atomic mass is 35.5. The molecule has 2 aromatic heterocycles. The number of ether oxygens (including phenoxy) is 1. The predicted molar refractivity (Wildman–Crippen MR) is 100 cm³/mol. The van der Waals surface area contributed by atoms with Crippen LogP contribution in [-0.4, -0.2) is 27.2 Å². The second-order valence-electron chi connectivity index (χ2n) is 5.94. The molecule has 0 radical (unpaired) electrons. The Morgan fingerprint density at radius 1 is 1.39 bits per heavy atom. The summed E-state index contributed by atoms with van der Waals surface area (Å²) in [5.41, 5.74) is 0.530. The van der Waals surface area contributed by atoms with E-state index in [1.54, 1.807) is 36.0 Å². The van der Waals surface area contributed by atoms with Gasteiger partial charge in [-0.05, 0) is 31.2 Å². The minimum absolute atomic E-state index is 0.0293. The van der Waals surface area contributed by atoms with Gasteiger partial charge in [-0.25, -0.2) is 0 Å². The quantitative estimate of drug-likeness (QED) is 0.455. The smallest absolute Gasteiger partial charge is 0.287 e. The number of rotatable bonds is 8. The first kappa shape index (κ1) is 19.4. The highest BCUT2D eigenvalue weighted by Crippen LogP contribution is 2.24. The summed E-state index contributed by atoms with van der Waals surface area (Å²) in [6.07, 6.45) is 3.19. The molecule has 0 atom stereocenters. The number of hydrogen-bond donors (Lipinski definition) is 1. The average molecular weight is 405 g/mol. The Morgan fingerprint density at radius 3 is 2.89 bits per heavy atom. The molecule has 0 unspecified atom stereocenters. The van der Waals surface area contributed by atoms with Crippen molar-refractivity contribution in [3.05, 3.63) is 74.9 Å². The molecular formula is C18H17ClN4O5. The van der Waals surface area contributed by atoms with Crippen molar-refractivity contribution in [2.24, 2.45) is 0 Å². The molecule has 3 aromatic rings. The van der Waals surface area contributed by atoms with Gasteiger partial charge in [0.2, 0.25) is 0 Å². The maximum atomic E-state index is 12.1. The third kappa shape index (κ3) is 4.89. The number of nitrogens with one attached hydrogen (secondary N) is 1. The Kier molecular flexibility index (Phi) is 5.95. The van der Waals surface area contributed by atoms with Gasteiger partial charge in [0.05, 0.1) is 22.7 Å². The average Bonchev–Trinajstić information content (AvgIpc) is 3.29. The molecule has 1 aromatic carbocycles. The van der Waals surface area contributed by atoms with Crippen molar-refractivity contribution in [1.29, 1.82) is 0 Å². The van der Waals surface area contributed by atoms with Crippen molar-refractivity contribution >= 4 is 23.2 Å². The Labute approximate surface area is 165 Å². The molecule has 1 N–H and O–H groups in total. The molecular weight excluding hydrogens is 388 g/mol. The van der Waals surface area contributed by atoms with Crippen LogP contribution in [0, 0.1) is 17.0 Å². The molecule has 1 amide bonds.